The van der Waals surface area contributed by atoms with Gasteiger partial charge in [0.25, 0.3) is 10.0 Å². The average Bonchev–Trinajstić information content (AvgIpc) is 3.10. The summed E-state index contributed by atoms with van der Waals surface area (Å²) < 4.78 is 27.3. The molecule has 120 valence electrons. The van der Waals surface area contributed by atoms with Gasteiger partial charge in [-0.1, -0.05) is 20.8 Å². The van der Waals surface area contributed by atoms with Crippen LogP contribution in [0.1, 0.15) is 45.6 Å². The van der Waals surface area contributed by atoms with Crippen LogP contribution in [0.5, 0.6) is 0 Å². The smallest absolute Gasteiger partial charge is 0.260 e. The third-order valence-electron chi connectivity index (χ3n) is 3.61. The summed E-state index contributed by atoms with van der Waals surface area (Å²) in [6.07, 6.45) is 4.70. The Morgan fingerprint density at radius 1 is 1.48 bits per heavy atom. The maximum atomic E-state index is 12.8. The Morgan fingerprint density at radius 2 is 2.19 bits per heavy atom. The number of H-pyrrole nitrogens is 1. The normalized spacial score (nSPS) is 16.0. The van der Waals surface area contributed by atoms with E-state index in [-0.39, 0.29) is 5.03 Å². The summed E-state index contributed by atoms with van der Waals surface area (Å²) in [7, 11) is -3.48. The Labute approximate surface area is 127 Å². The van der Waals surface area contributed by atoms with E-state index in [4.69, 9.17) is 0 Å². The average molecular weight is 314 g/mol. The second kappa shape index (κ2) is 6.89. The molecule has 7 heteroatoms. The van der Waals surface area contributed by atoms with Gasteiger partial charge in [-0.3, -0.25) is 5.10 Å². The van der Waals surface area contributed by atoms with Crippen LogP contribution in [0, 0.1) is 5.92 Å². The van der Waals surface area contributed by atoms with Crippen LogP contribution in [0.4, 0.5) is 0 Å². The van der Waals surface area contributed by atoms with Gasteiger partial charge in [0.15, 0.2) is 5.03 Å². The van der Waals surface area contributed by atoms with E-state index >= 15 is 0 Å². The molecule has 0 unspecified atom stereocenters. The van der Waals surface area contributed by atoms with Crippen LogP contribution in [0.15, 0.2) is 11.2 Å². The fraction of sp³-hybridized carbons (Fsp3) is 0.786. The van der Waals surface area contributed by atoms with E-state index in [0.717, 1.165) is 19.3 Å². The molecule has 1 saturated carbocycles. The molecule has 1 aromatic rings. The molecule has 6 nitrogen and oxygen atoms in total. The Balaban J connectivity index is 2.18. The highest BCUT2D eigenvalue weighted by Crippen LogP contribution is 2.31. The highest BCUT2D eigenvalue weighted by molar-refractivity contribution is 7.89. The Hall–Kier alpha value is -0.920. The number of rotatable bonds is 9. The van der Waals surface area contributed by atoms with Crippen molar-refractivity contribution >= 4 is 10.0 Å². The molecule has 0 aliphatic heterocycles. The molecule has 1 aromatic heterocycles. The van der Waals surface area contributed by atoms with Crippen LogP contribution in [-0.2, 0) is 16.6 Å². The molecule has 1 aliphatic rings. The van der Waals surface area contributed by atoms with Crippen molar-refractivity contribution in [1.29, 1.82) is 0 Å². The minimum Gasteiger partial charge on any atom is -0.310 e. The van der Waals surface area contributed by atoms with E-state index in [9.17, 15) is 8.42 Å². The van der Waals surface area contributed by atoms with E-state index in [1.165, 1.54) is 0 Å². The third kappa shape index (κ3) is 4.28. The van der Waals surface area contributed by atoms with Crippen LogP contribution < -0.4 is 5.32 Å². The monoisotopic (exact) mass is 314 g/mol. The topological polar surface area (TPSA) is 78.1 Å². The number of hydrogen-bond acceptors (Lipinski definition) is 4. The summed E-state index contributed by atoms with van der Waals surface area (Å²) in [5, 5.41) is 10.1. The van der Waals surface area contributed by atoms with E-state index < -0.39 is 10.0 Å². The Bertz CT molecular complexity index is 549. The number of hydrogen-bond donors (Lipinski definition) is 2. The van der Waals surface area contributed by atoms with Crippen LogP contribution in [0.2, 0.25) is 0 Å². The van der Waals surface area contributed by atoms with E-state index in [0.29, 0.717) is 37.2 Å². The number of sulfonamides is 1. The third-order valence-corrected chi connectivity index (χ3v) is 5.49. The molecule has 0 aromatic carbocycles. The maximum absolute atomic E-state index is 12.8. The molecule has 1 fully saturated rings. The van der Waals surface area contributed by atoms with Crippen molar-refractivity contribution in [1.82, 2.24) is 19.8 Å². The lowest BCUT2D eigenvalue weighted by atomic mass is 10.3. The predicted octanol–water partition coefficient (Wildman–Crippen LogP) is 1.72. The summed E-state index contributed by atoms with van der Waals surface area (Å²) in [4.78, 5) is 0. The number of nitrogens with one attached hydrogen (secondary N) is 2. The first kappa shape index (κ1) is 16.5. The van der Waals surface area contributed by atoms with E-state index in [1.807, 2.05) is 20.8 Å². The fourth-order valence-corrected chi connectivity index (χ4v) is 3.95. The van der Waals surface area contributed by atoms with Crippen molar-refractivity contribution in [2.24, 2.45) is 5.92 Å². The fourth-order valence-electron chi connectivity index (χ4n) is 2.24. The zero-order chi connectivity index (χ0) is 15.5. The molecule has 1 aliphatic carbocycles. The summed E-state index contributed by atoms with van der Waals surface area (Å²) in [6.45, 7) is 7.77. The predicted molar refractivity (Wildman–Crippen MR) is 82.3 cm³/mol. The summed E-state index contributed by atoms with van der Waals surface area (Å²) in [5.74, 6) is 0.534. The van der Waals surface area contributed by atoms with Crippen molar-refractivity contribution in [2.45, 2.75) is 57.6 Å². The van der Waals surface area contributed by atoms with Gasteiger partial charge in [-0.25, -0.2) is 8.42 Å². The zero-order valence-corrected chi connectivity index (χ0v) is 13.9. The van der Waals surface area contributed by atoms with Gasteiger partial charge in [-0.05, 0) is 25.2 Å². The number of aromatic nitrogens is 2. The van der Waals surface area contributed by atoms with E-state index in [1.54, 1.807) is 10.5 Å². The molecule has 1 heterocycles. The maximum Gasteiger partial charge on any atom is 0.260 e. The second-order valence-electron chi connectivity index (χ2n) is 6.07. The molecule has 0 spiro atoms. The lowest BCUT2D eigenvalue weighted by Crippen LogP contribution is -2.35. The molecule has 0 saturated heterocycles. The van der Waals surface area contributed by atoms with Gasteiger partial charge in [0.2, 0.25) is 0 Å². The molecule has 0 radical (unpaired) electrons. The van der Waals surface area contributed by atoms with Crippen molar-refractivity contribution in [3.63, 3.8) is 0 Å². The van der Waals surface area contributed by atoms with Gasteiger partial charge in [-0.2, -0.15) is 9.40 Å². The van der Waals surface area contributed by atoms with Crippen LogP contribution in [0.3, 0.4) is 0 Å². The minimum atomic E-state index is -3.48. The van der Waals surface area contributed by atoms with Crippen LogP contribution in [0.25, 0.3) is 0 Å². The standard InChI is InChI=1S/C14H26N4O2S/c1-4-7-18(10-12-5-6-12)21(19,20)14-13(9-16-17-14)8-15-11(2)3/h9,11-12,15H,4-8,10H2,1-3H3,(H,16,17). The molecule has 0 amide bonds. The molecule has 2 N–H and O–H groups in total. The molecule has 0 atom stereocenters. The largest absolute Gasteiger partial charge is 0.310 e. The first-order chi connectivity index (χ1) is 9.95. The summed E-state index contributed by atoms with van der Waals surface area (Å²) >= 11 is 0. The first-order valence-corrected chi connectivity index (χ1v) is 9.15. The second-order valence-corrected chi connectivity index (χ2v) is 7.94. The van der Waals surface area contributed by atoms with Gasteiger partial charge < -0.3 is 5.32 Å². The zero-order valence-electron chi connectivity index (χ0n) is 13.1. The first-order valence-electron chi connectivity index (χ1n) is 7.71. The van der Waals surface area contributed by atoms with Gasteiger partial charge in [0.1, 0.15) is 0 Å². The molecule has 0 bridgehead atoms. The lowest BCUT2D eigenvalue weighted by Gasteiger charge is -2.21. The van der Waals surface area contributed by atoms with Gasteiger partial charge in [0, 0.05) is 31.2 Å². The molecular weight excluding hydrogens is 288 g/mol. The minimum absolute atomic E-state index is 0.241. The highest BCUT2D eigenvalue weighted by atomic mass is 32.2. The van der Waals surface area contributed by atoms with Crippen molar-refractivity contribution in [3.8, 4) is 0 Å². The van der Waals surface area contributed by atoms with Crippen LogP contribution in [-0.4, -0.2) is 42.1 Å². The lowest BCUT2D eigenvalue weighted by molar-refractivity contribution is 0.393. The summed E-state index contributed by atoms with van der Waals surface area (Å²) in [5.41, 5.74) is 0.709. The van der Waals surface area contributed by atoms with Crippen LogP contribution >= 0.6 is 0 Å². The molecule has 2 rings (SSSR count). The van der Waals surface area contributed by atoms with E-state index in [2.05, 4.69) is 15.5 Å². The van der Waals surface area contributed by atoms with Gasteiger partial charge >= 0.3 is 0 Å². The number of aromatic amines is 1. The van der Waals surface area contributed by atoms with Gasteiger partial charge in [-0.15, -0.1) is 0 Å². The number of nitrogens with zero attached hydrogens (tertiary/aromatic N) is 2. The Kier molecular flexibility index (Phi) is 5.40. The van der Waals surface area contributed by atoms with Gasteiger partial charge in [0.05, 0.1) is 6.20 Å². The molecular formula is C14H26N4O2S. The highest BCUT2D eigenvalue weighted by Gasteiger charge is 2.33. The Morgan fingerprint density at radius 3 is 2.76 bits per heavy atom. The summed E-state index contributed by atoms with van der Waals surface area (Å²) in [6, 6.07) is 0.300. The van der Waals surface area contributed by atoms with Crippen molar-refractivity contribution in [3.05, 3.63) is 11.8 Å². The quantitative estimate of drug-likeness (QED) is 0.727. The molecule has 21 heavy (non-hydrogen) atoms. The SMILES string of the molecule is CCCN(CC1CC1)S(=O)(=O)c1[nH]ncc1CNC(C)C. The van der Waals surface area contributed by atoms with Crippen molar-refractivity contribution < 1.29 is 8.42 Å². The van der Waals surface area contributed by atoms with Crippen molar-refractivity contribution in [2.75, 3.05) is 13.1 Å².